The Morgan fingerprint density at radius 2 is 1.86 bits per heavy atom. The van der Waals surface area contributed by atoms with Crippen LogP contribution >= 0.6 is 0 Å². The molecule has 0 saturated heterocycles. The van der Waals surface area contributed by atoms with Gasteiger partial charge in [0.15, 0.2) is 12.2 Å². The standard InChI is InChI=1S/C6H6S/c7-6-4-2-1-3-5-6/h2-5H,1H2/p+1. The summed E-state index contributed by atoms with van der Waals surface area (Å²) in [6, 6.07) is 0. The van der Waals surface area contributed by atoms with Crippen LogP contribution in [0.1, 0.15) is 6.42 Å². The van der Waals surface area contributed by atoms with Crippen LogP contribution < -0.4 is 0 Å². The van der Waals surface area contributed by atoms with E-state index < -0.39 is 0 Å². The molecule has 0 aromatic carbocycles. The maximum Gasteiger partial charge on any atom is 0.221 e. The Labute approximate surface area is 48.5 Å². The molecule has 0 nitrogen and oxygen atoms in total. The van der Waals surface area contributed by atoms with Gasteiger partial charge in [0.1, 0.15) is 0 Å². The molecule has 0 aromatic heterocycles. The minimum atomic E-state index is 1.05. The van der Waals surface area contributed by atoms with Crippen molar-refractivity contribution in [1.29, 1.82) is 0 Å². The Hall–Kier alpha value is -0.430. The number of hydrogen-bond donors (Lipinski definition) is 0. The van der Waals surface area contributed by atoms with Gasteiger partial charge in [-0.25, -0.2) is 0 Å². The van der Waals surface area contributed by atoms with E-state index >= 15 is 0 Å². The highest BCUT2D eigenvalue weighted by Gasteiger charge is 1.93. The average Bonchev–Trinajstić information content (AvgIpc) is 1.69. The van der Waals surface area contributed by atoms with E-state index in [1.54, 1.807) is 0 Å². The Balaban J connectivity index is 2.66. The first kappa shape index (κ1) is 4.72. The van der Waals surface area contributed by atoms with Gasteiger partial charge < -0.3 is 0 Å². The highest BCUT2D eigenvalue weighted by Crippen LogP contribution is 1.94. The Bertz CT molecular complexity index is 117. The zero-order chi connectivity index (χ0) is 5.11. The molecule has 0 aromatic rings. The molecule has 0 atom stereocenters. The van der Waals surface area contributed by atoms with E-state index in [0.29, 0.717) is 0 Å². The van der Waals surface area contributed by atoms with Gasteiger partial charge in [0.25, 0.3) is 0 Å². The SMILES string of the molecule is [SH+]=C1C=CCC=C1. The van der Waals surface area contributed by atoms with Crippen LogP contribution in [-0.4, -0.2) is 4.86 Å². The first-order valence-electron chi connectivity index (χ1n) is 2.28. The molecule has 0 N–H and O–H groups in total. The summed E-state index contributed by atoms with van der Waals surface area (Å²) in [5.41, 5.74) is 0. The average molecular weight is 111 g/mol. The van der Waals surface area contributed by atoms with Crippen molar-refractivity contribution in [2.45, 2.75) is 6.42 Å². The molecule has 1 heteroatoms. The third-order valence-electron chi connectivity index (χ3n) is 0.849. The quantitative estimate of drug-likeness (QED) is 0.248. The highest BCUT2D eigenvalue weighted by molar-refractivity contribution is 7.60. The second kappa shape index (κ2) is 2.03. The lowest BCUT2D eigenvalue weighted by Gasteiger charge is -1.84. The van der Waals surface area contributed by atoms with Crippen LogP contribution in [-0.2, 0) is 12.2 Å². The lowest BCUT2D eigenvalue weighted by Crippen LogP contribution is -1.86. The van der Waals surface area contributed by atoms with Crippen molar-refractivity contribution in [3.8, 4) is 0 Å². The summed E-state index contributed by atoms with van der Waals surface area (Å²) in [6.45, 7) is 0. The van der Waals surface area contributed by atoms with Crippen LogP contribution in [0.25, 0.3) is 0 Å². The number of rotatable bonds is 0. The second-order valence-corrected chi connectivity index (χ2v) is 1.98. The van der Waals surface area contributed by atoms with Gasteiger partial charge in [0.05, 0.1) is 0 Å². The molecule has 0 aliphatic heterocycles. The molecule has 7 heavy (non-hydrogen) atoms. The molecule has 0 spiro atoms. The van der Waals surface area contributed by atoms with Crippen LogP contribution in [0.15, 0.2) is 24.3 Å². The second-order valence-electron chi connectivity index (χ2n) is 1.47. The molecule has 0 radical (unpaired) electrons. The fraction of sp³-hybridized carbons (Fsp3) is 0.167. The first-order chi connectivity index (χ1) is 3.39. The monoisotopic (exact) mass is 111 g/mol. The van der Waals surface area contributed by atoms with E-state index in [1.165, 1.54) is 0 Å². The third-order valence-corrected chi connectivity index (χ3v) is 1.15. The van der Waals surface area contributed by atoms with Gasteiger partial charge in [0, 0.05) is 0 Å². The zero-order valence-electron chi connectivity index (χ0n) is 3.96. The van der Waals surface area contributed by atoms with Gasteiger partial charge in [-0.15, -0.1) is 0 Å². The fourth-order valence-electron chi connectivity index (χ4n) is 0.512. The smallest absolute Gasteiger partial charge is 0.0752 e. The molecule has 0 bridgehead atoms. The minimum absolute atomic E-state index is 1.05. The summed E-state index contributed by atoms with van der Waals surface area (Å²) >= 11 is 4.10. The molecular weight excluding hydrogens is 104 g/mol. The molecule has 1 aliphatic carbocycles. The van der Waals surface area contributed by atoms with E-state index in [1.807, 2.05) is 12.2 Å². The summed E-state index contributed by atoms with van der Waals surface area (Å²) in [5, 5.41) is 0. The Morgan fingerprint density at radius 3 is 2.14 bits per heavy atom. The lowest BCUT2D eigenvalue weighted by molar-refractivity contribution is 1.39. The molecule has 0 fully saturated rings. The Kier molecular flexibility index (Phi) is 1.37. The van der Waals surface area contributed by atoms with Crippen molar-refractivity contribution < 1.29 is 0 Å². The predicted molar refractivity (Wildman–Crippen MR) is 36.7 cm³/mol. The lowest BCUT2D eigenvalue weighted by atomic mass is 10.2. The van der Waals surface area contributed by atoms with E-state index in [2.05, 4.69) is 24.4 Å². The van der Waals surface area contributed by atoms with Gasteiger partial charge in [0.2, 0.25) is 4.86 Å². The molecular formula is C6H7S+. The minimum Gasteiger partial charge on any atom is -0.0752 e. The van der Waals surface area contributed by atoms with Gasteiger partial charge in [-0.2, -0.15) is 0 Å². The van der Waals surface area contributed by atoms with Crippen molar-refractivity contribution >= 4 is 17.1 Å². The zero-order valence-corrected chi connectivity index (χ0v) is 4.86. The van der Waals surface area contributed by atoms with Crippen LogP contribution in [0.3, 0.4) is 0 Å². The first-order valence-corrected chi connectivity index (χ1v) is 2.73. The summed E-state index contributed by atoms with van der Waals surface area (Å²) in [4.78, 5) is 1.05. The largest absolute Gasteiger partial charge is 0.221 e. The van der Waals surface area contributed by atoms with Crippen LogP contribution in [0.5, 0.6) is 0 Å². The van der Waals surface area contributed by atoms with Crippen LogP contribution in [0.2, 0.25) is 0 Å². The predicted octanol–water partition coefficient (Wildman–Crippen LogP) is 0.954. The summed E-state index contributed by atoms with van der Waals surface area (Å²) in [7, 11) is 0. The summed E-state index contributed by atoms with van der Waals surface area (Å²) in [6.07, 6.45) is 9.24. The van der Waals surface area contributed by atoms with Crippen LogP contribution in [0, 0.1) is 0 Å². The molecule has 36 valence electrons. The molecule has 1 aliphatic rings. The van der Waals surface area contributed by atoms with Crippen molar-refractivity contribution in [1.82, 2.24) is 0 Å². The van der Waals surface area contributed by atoms with Crippen molar-refractivity contribution in [2.75, 3.05) is 0 Å². The van der Waals surface area contributed by atoms with Gasteiger partial charge >= 0.3 is 0 Å². The maximum absolute atomic E-state index is 4.10. The molecule has 0 amide bonds. The number of hydrogen-bond acceptors (Lipinski definition) is 0. The molecule has 0 saturated carbocycles. The van der Waals surface area contributed by atoms with E-state index in [9.17, 15) is 0 Å². The normalized spacial score (nSPS) is 18.0. The van der Waals surface area contributed by atoms with Crippen molar-refractivity contribution in [3.63, 3.8) is 0 Å². The summed E-state index contributed by atoms with van der Waals surface area (Å²) in [5.74, 6) is 0. The van der Waals surface area contributed by atoms with Crippen molar-refractivity contribution in [3.05, 3.63) is 24.3 Å². The third kappa shape index (κ3) is 1.24. The van der Waals surface area contributed by atoms with E-state index in [-0.39, 0.29) is 0 Å². The molecule has 0 heterocycles. The molecule has 0 unspecified atom stereocenters. The fourth-order valence-corrected chi connectivity index (χ4v) is 0.723. The maximum atomic E-state index is 4.10. The number of thiol groups is 1. The van der Waals surface area contributed by atoms with Gasteiger partial charge in [-0.05, 0) is 18.6 Å². The van der Waals surface area contributed by atoms with Crippen molar-refractivity contribution in [2.24, 2.45) is 0 Å². The number of allylic oxidation sites excluding steroid dienone is 4. The van der Waals surface area contributed by atoms with E-state index in [0.717, 1.165) is 11.3 Å². The topological polar surface area (TPSA) is 0 Å². The van der Waals surface area contributed by atoms with Crippen LogP contribution in [0.4, 0.5) is 0 Å². The Morgan fingerprint density at radius 1 is 1.29 bits per heavy atom. The van der Waals surface area contributed by atoms with Gasteiger partial charge in [-0.1, -0.05) is 12.2 Å². The summed E-state index contributed by atoms with van der Waals surface area (Å²) < 4.78 is 0. The molecule has 1 rings (SSSR count). The highest BCUT2D eigenvalue weighted by atomic mass is 32.1. The van der Waals surface area contributed by atoms with Gasteiger partial charge in [-0.3, -0.25) is 0 Å². The van der Waals surface area contributed by atoms with E-state index in [4.69, 9.17) is 0 Å².